The van der Waals surface area contributed by atoms with Crippen LogP contribution in [0.2, 0.25) is 0 Å². The quantitative estimate of drug-likeness (QED) is 0.627. The molecule has 1 saturated heterocycles. The van der Waals surface area contributed by atoms with E-state index in [1.807, 2.05) is 13.0 Å². The molecule has 108 valence electrons. The Labute approximate surface area is 119 Å². The molecule has 6 nitrogen and oxygen atoms in total. The molecule has 0 saturated carbocycles. The van der Waals surface area contributed by atoms with Gasteiger partial charge in [-0.25, -0.2) is 4.98 Å². The minimum Gasteiger partial charge on any atom is -0.387 e. The molecule has 0 aromatic carbocycles. The third kappa shape index (κ3) is 3.77. The van der Waals surface area contributed by atoms with E-state index in [0.717, 1.165) is 38.4 Å². The monoisotopic (exact) mass is 275 g/mol. The lowest BCUT2D eigenvalue weighted by Gasteiger charge is -2.28. The Morgan fingerprint density at radius 1 is 1.45 bits per heavy atom. The van der Waals surface area contributed by atoms with Crippen molar-refractivity contribution in [2.75, 3.05) is 31.1 Å². The molecule has 0 radical (unpaired) electrons. The Bertz CT molecular complexity index is 477. The summed E-state index contributed by atoms with van der Waals surface area (Å²) in [4.78, 5) is 22.3. The minimum absolute atomic E-state index is 0.324. The van der Waals surface area contributed by atoms with Crippen LogP contribution in [-0.2, 0) is 0 Å². The number of carbonyl (C=O) groups excluding carboxylic acids is 1. The molecule has 1 aliphatic heterocycles. The fraction of sp³-hybridized carbons (Fsp3) is 0.500. The van der Waals surface area contributed by atoms with Crippen LogP contribution in [0.15, 0.2) is 23.3 Å². The van der Waals surface area contributed by atoms with Crippen LogP contribution in [0.5, 0.6) is 0 Å². The van der Waals surface area contributed by atoms with Gasteiger partial charge >= 0.3 is 0 Å². The Hall–Kier alpha value is -1.95. The summed E-state index contributed by atoms with van der Waals surface area (Å²) in [6.45, 7) is 5.78. The van der Waals surface area contributed by atoms with E-state index >= 15 is 0 Å². The average Bonchev–Trinajstić information content (AvgIpc) is 2.48. The lowest BCUT2D eigenvalue weighted by Crippen LogP contribution is -2.43. The minimum atomic E-state index is -0.324. The summed E-state index contributed by atoms with van der Waals surface area (Å²) in [5.74, 6) is 0.951. The van der Waals surface area contributed by atoms with Gasteiger partial charge in [-0.1, -0.05) is 6.92 Å². The van der Waals surface area contributed by atoms with Crippen LogP contribution in [0.3, 0.4) is 0 Å². The summed E-state index contributed by atoms with van der Waals surface area (Å²) in [7, 11) is 0. The number of nitrogens with one attached hydrogen (secondary N) is 1. The second kappa shape index (κ2) is 7.00. The maximum atomic E-state index is 11.9. The van der Waals surface area contributed by atoms with Crippen molar-refractivity contribution in [3.05, 3.63) is 23.9 Å². The van der Waals surface area contributed by atoms with E-state index in [4.69, 9.17) is 5.73 Å². The number of nitrogens with two attached hydrogens (primary N) is 1. The molecule has 0 bridgehead atoms. The average molecular weight is 275 g/mol. The number of pyridine rings is 1. The molecule has 2 heterocycles. The number of hydrogen-bond acceptors (Lipinski definition) is 4. The van der Waals surface area contributed by atoms with Crippen molar-refractivity contribution in [1.82, 2.24) is 10.3 Å². The van der Waals surface area contributed by atoms with E-state index in [1.54, 1.807) is 12.3 Å². The predicted molar refractivity (Wildman–Crippen MR) is 80.2 cm³/mol. The van der Waals surface area contributed by atoms with Gasteiger partial charge in [0.25, 0.3) is 5.91 Å². The molecule has 1 amide bonds. The molecule has 0 unspecified atom stereocenters. The summed E-state index contributed by atoms with van der Waals surface area (Å²) in [6, 6.07) is 3.62. The highest BCUT2D eigenvalue weighted by atomic mass is 16.1. The highest BCUT2D eigenvalue weighted by molar-refractivity contribution is 6.02. The van der Waals surface area contributed by atoms with Crippen LogP contribution >= 0.6 is 0 Å². The van der Waals surface area contributed by atoms with Gasteiger partial charge in [-0.15, -0.1) is 0 Å². The fourth-order valence-corrected chi connectivity index (χ4v) is 2.10. The zero-order valence-electron chi connectivity index (χ0n) is 11.8. The van der Waals surface area contributed by atoms with Crippen molar-refractivity contribution in [3.8, 4) is 0 Å². The molecule has 6 heteroatoms. The van der Waals surface area contributed by atoms with Gasteiger partial charge < -0.3 is 16.0 Å². The van der Waals surface area contributed by atoms with Crippen molar-refractivity contribution in [2.24, 2.45) is 10.7 Å². The molecule has 1 aromatic heterocycles. The van der Waals surface area contributed by atoms with Crippen molar-refractivity contribution in [2.45, 2.75) is 19.8 Å². The number of rotatable bonds is 4. The standard InChI is InChI=1S/C14H21N5O/c1-2-3-12(15)18-14(20)11-4-5-13(17-10-11)19-8-6-16-7-9-19/h4-5,10,16H,2-3,6-9H2,1H3,(H2,15,18,20). The Balaban J connectivity index is 2.03. The topological polar surface area (TPSA) is 83.6 Å². The first-order chi connectivity index (χ1) is 9.70. The summed E-state index contributed by atoms with van der Waals surface area (Å²) in [6.07, 6.45) is 3.09. The highest BCUT2D eigenvalue weighted by Crippen LogP contribution is 2.12. The zero-order chi connectivity index (χ0) is 14.4. The first kappa shape index (κ1) is 14.5. The van der Waals surface area contributed by atoms with E-state index in [0.29, 0.717) is 17.8 Å². The lowest BCUT2D eigenvalue weighted by molar-refractivity contribution is 0.100. The molecular formula is C14H21N5O. The SMILES string of the molecule is CCCC(N)=NC(=O)c1ccc(N2CCNCC2)nc1. The molecule has 3 N–H and O–H groups in total. The third-order valence-electron chi connectivity index (χ3n) is 3.19. The highest BCUT2D eigenvalue weighted by Gasteiger charge is 2.12. The van der Waals surface area contributed by atoms with E-state index in [1.165, 1.54) is 0 Å². The zero-order valence-corrected chi connectivity index (χ0v) is 11.8. The normalized spacial score (nSPS) is 16.2. The number of amides is 1. The van der Waals surface area contributed by atoms with Crippen molar-refractivity contribution < 1.29 is 4.79 Å². The second-order valence-corrected chi connectivity index (χ2v) is 4.80. The summed E-state index contributed by atoms with van der Waals surface area (Å²) < 4.78 is 0. The smallest absolute Gasteiger partial charge is 0.280 e. The van der Waals surface area contributed by atoms with Crippen molar-refractivity contribution >= 4 is 17.6 Å². The van der Waals surface area contributed by atoms with E-state index in [9.17, 15) is 4.79 Å². The molecule has 0 aliphatic carbocycles. The molecule has 2 rings (SSSR count). The molecular weight excluding hydrogens is 254 g/mol. The molecule has 0 atom stereocenters. The second-order valence-electron chi connectivity index (χ2n) is 4.80. The summed E-state index contributed by atoms with van der Waals surface area (Å²) >= 11 is 0. The maximum absolute atomic E-state index is 11.9. The van der Waals surface area contributed by atoms with Gasteiger partial charge in [-0.3, -0.25) is 4.79 Å². The van der Waals surface area contributed by atoms with Gasteiger partial charge in [-0.05, 0) is 18.6 Å². The van der Waals surface area contributed by atoms with Crippen molar-refractivity contribution in [1.29, 1.82) is 0 Å². The molecule has 1 aliphatic rings. The van der Waals surface area contributed by atoms with E-state index in [2.05, 4.69) is 20.2 Å². The largest absolute Gasteiger partial charge is 0.387 e. The van der Waals surface area contributed by atoms with Gasteiger partial charge in [0, 0.05) is 38.8 Å². The number of anilines is 1. The Morgan fingerprint density at radius 2 is 2.20 bits per heavy atom. The number of hydrogen-bond donors (Lipinski definition) is 2. The van der Waals surface area contributed by atoms with Crippen molar-refractivity contribution in [3.63, 3.8) is 0 Å². The number of piperazine rings is 1. The van der Waals surface area contributed by atoms with Crippen LogP contribution < -0.4 is 16.0 Å². The summed E-state index contributed by atoms with van der Waals surface area (Å²) in [5.41, 5.74) is 6.14. The predicted octanol–water partition coefficient (Wildman–Crippen LogP) is 0.789. The van der Waals surface area contributed by atoms with E-state index < -0.39 is 0 Å². The van der Waals surface area contributed by atoms with Crippen LogP contribution in [0.25, 0.3) is 0 Å². The molecule has 0 spiro atoms. The van der Waals surface area contributed by atoms with E-state index in [-0.39, 0.29) is 5.91 Å². The number of amidine groups is 1. The fourth-order valence-electron chi connectivity index (χ4n) is 2.10. The third-order valence-corrected chi connectivity index (χ3v) is 3.19. The Kier molecular flexibility index (Phi) is 5.06. The van der Waals surface area contributed by atoms with Crippen LogP contribution in [-0.4, -0.2) is 42.9 Å². The first-order valence-electron chi connectivity index (χ1n) is 7.00. The molecule has 1 aromatic rings. The number of nitrogens with zero attached hydrogens (tertiary/aromatic N) is 3. The molecule has 20 heavy (non-hydrogen) atoms. The van der Waals surface area contributed by atoms with Gasteiger partial charge in [0.15, 0.2) is 0 Å². The number of aliphatic imine (C=N–C) groups is 1. The van der Waals surface area contributed by atoms with Crippen LogP contribution in [0.1, 0.15) is 30.1 Å². The van der Waals surface area contributed by atoms with Gasteiger partial charge in [-0.2, -0.15) is 4.99 Å². The maximum Gasteiger partial charge on any atom is 0.280 e. The number of aromatic nitrogens is 1. The summed E-state index contributed by atoms with van der Waals surface area (Å²) in [5, 5.41) is 3.29. The van der Waals surface area contributed by atoms with Crippen LogP contribution in [0, 0.1) is 0 Å². The van der Waals surface area contributed by atoms with Gasteiger partial charge in [0.1, 0.15) is 11.7 Å². The van der Waals surface area contributed by atoms with Gasteiger partial charge in [0.05, 0.1) is 5.56 Å². The lowest BCUT2D eigenvalue weighted by atomic mass is 10.2. The van der Waals surface area contributed by atoms with Gasteiger partial charge in [0.2, 0.25) is 0 Å². The number of carbonyl (C=O) groups is 1. The van der Waals surface area contributed by atoms with Crippen LogP contribution in [0.4, 0.5) is 5.82 Å². The molecule has 1 fully saturated rings. The Morgan fingerprint density at radius 3 is 2.80 bits per heavy atom. The first-order valence-corrected chi connectivity index (χ1v) is 7.00.